The van der Waals surface area contributed by atoms with Crippen molar-refractivity contribution < 1.29 is 13.5 Å². The van der Waals surface area contributed by atoms with Crippen molar-refractivity contribution in [3.8, 4) is 0 Å². The van der Waals surface area contributed by atoms with Crippen molar-refractivity contribution in [1.29, 1.82) is 0 Å². The number of aliphatic hydroxyl groups excluding tert-OH is 1. The number of fused-ring (bicyclic) bond motifs is 1. The maximum atomic E-state index is 12.4. The van der Waals surface area contributed by atoms with E-state index < -0.39 is 15.9 Å². The molecule has 1 heterocycles. The third-order valence-electron chi connectivity index (χ3n) is 3.79. The van der Waals surface area contributed by atoms with E-state index in [1.165, 1.54) is 23.0 Å². The lowest BCUT2D eigenvalue weighted by atomic mass is 10.1. The van der Waals surface area contributed by atoms with Gasteiger partial charge in [-0.25, -0.2) is 13.4 Å². The van der Waals surface area contributed by atoms with Crippen molar-refractivity contribution in [2.45, 2.75) is 17.5 Å². The molecule has 1 atom stereocenters. The van der Waals surface area contributed by atoms with E-state index in [4.69, 9.17) is 0 Å². The average Bonchev–Trinajstić information content (AvgIpc) is 2.57. The molecule has 0 saturated heterocycles. The molecule has 0 spiro atoms. The summed E-state index contributed by atoms with van der Waals surface area (Å²) in [6.07, 6.45) is 1.58. The summed E-state index contributed by atoms with van der Waals surface area (Å²) in [4.78, 5) is 16.8. The molecule has 2 aromatic carbocycles. The molecule has 24 heavy (non-hydrogen) atoms. The summed E-state index contributed by atoms with van der Waals surface area (Å²) >= 11 is 0. The number of hydrogen-bond donors (Lipinski definition) is 1. The molecule has 3 rings (SSSR count). The van der Waals surface area contributed by atoms with Crippen molar-refractivity contribution in [3.63, 3.8) is 0 Å². The average molecular weight is 344 g/mol. The molecule has 0 radical (unpaired) electrons. The lowest BCUT2D eigenvalue weighted by molar-refractivity contribution is 0.155. The van der Waals surface area contributed by atoms with Crippen LogP contribution in [0.15, 0.2) is 64.5 Å². The van der Waals surface area contributed by atoms with Crippen molar-refractivity contribution in [2.24, 2.45) is 0 Å². The second-order valence-corrected chi connectivity index (χ2v) is 7.59. The van der Waals surface area contributed by atoms with Crippen LogP contribution in [-0.2, 0) is 16.4 Å². The molecule has 0 unspecified atom stereocenters. The molecule has 124 valence electrons. The highest BCUT2D eigenvalue weighted by atomic mass is 32.2. The largest absolute Gasteiger partial charge is 0.387 e. The molecule has 0 saturated carbocycles. The second-order valence-electron chi connectivity index (χ2n) is 5.58. The molecule has 0 aliphatic heterocycles. The number of hydrogen-bond acceptors (Lipinski definition) is 5. The minimum atomic E-state index is -3.28. The Morgan fingerprint density at radius 2 is 1.79 bits per heavy atom. The van der Waals surface area contributed by atoms with Crippen LogP contribution in [-0.4, -0.2) is 29.3 Å². The zero-order chi connectivity index (χ0) is 17.3. The standard InChI is InChI=1S/C17H16N2O4S/c1-24(22,23)13-8-6-12(7-9-13)16(20)10-19-11-18-15-5-3-2-4-14(15)17(19)21/h2-9,11,16,20H,10H2,1H3/t16-/m1/s1. The first kappa shape index (κ1) is 16.4. The van der Waals surface area contributed by atoms with Gasteiger partial charge in [0.1, 0.15) is 0 Å². The van der Waals surface area contributed by atoms with E-state index in [9.17, 15) is 18.3 Å². The van der Waals surface area contributed by atoms with E-state index in [0.29, 0.717) is 16.5 Å². The predicted octanol–water partition coefficient (Wildman–Crippen LogP) is 1.53. The van der Waals surface area contributed by atoms with Crippen LogP contribution in [0.2, 0.25) is 0 Å². The van der Waals surface area contributed by atoms with E-state index in [0.717, 1.165) is 6.26 Å². The van der Waals surface area contributed by atoms with Crippen molar-refractivity contribution >= 4 is 20.7 Å². The Balaban J connectivity index is 1.88. The summed E-state index contributed by atoms with van der Waals surface area (Å²) in [6, 6.07) is 13.0. The van der Waals surface area contributed by atoms with Crippen LogP contribution in [0.25, 0.3) is 10.9 Å². The normalized spacial score (nSPS) is 13.1. The third kappa shape index (κ3) is 3.22. The highest BCUT2D eigenvalue weighted by Crippen LogP contribution is 2.18. The summed E-state index contributed by atoms with van der Waals surface area (Å²) in [5.74, 6) is 0. The Morgan fingerprint density at radius 1 is 1.12 bits per heavy atom. The van der Waals surface area contributed by atoms with Crippen LogP contribution in [0.1, 0.15) is 11.7 Å². The number of nitrogens with zero attached hydrogens (tertiary/aromatic N) is 2. The highest BCUT2D eigenvalue weighted by Gasteiger charge is 2.13. The smallest absolute Gasteiger partial charge is 0.261 e. The van der Waals surface area contributed by atoms with E-state index in [1.807, 2.05) is 0 Å². The summed E-state index contributed by atoms with van der Waals surface area (Å²) < 4.78 is 24.3. The topological polar surface area (TPSA) is 89.3 Å². The van der Waals surface area contributed by atoms with E-state index in [2.05, 4.69) is 4.98 Å². The van der Waals surface area contributed by atoms with Crippen molar-refractivity contribution in [2.75, 3.05) is 6.26 Å². The second kappa shape index (κ2) is 6.18. The summed E-state index contributed by atoms with van der Waals surface area (Å²) in [6.45, 7) is 0.0366. The number of aromatic nitrogens is 2. The van der Waals surface area contributed by atoms with Gasteiger partial charge in [0.05, 0.1) is 34.8 Å². The molecule has 0 bridgehead atoms. The lowest BCUT2D eigenvalue weighted by Gasteiger charge is -2.13. The molecule has 7 heteroatoms. The molecule has 3 aromatic rings. The monoisotopic (exact) mass is 344 g/mol. The molecule has 1 N–H and O–H groups in total. The molecule has 0 fully saturated rings. The molecule has 0 amide bonds. The van der Waals surface area contributed by atoms with E-state index in [1.54, 1.807) is 36.4 Å². The minimum absolute atomic E-state index is 0.0366. The molecule has 0 aliphatic carbocycles. The fourth-order valence-corrected chi connectivity index (χ4v) is 3.10. The number of rotatable bonds is 4. The molecule has 0 aliphatic rings. The Labute approximate surface area is 138 Å². The lowest BCUT2D eigenvalue weighted by Crippen LogP contribution is -2.23. The van der Waals surface area contributed by atoms with E-state index in [-0.39, 0.29) is 17.0 Å². The number of benzene rings is 2. The fraction of sp³-hybridized carbons (Fsp3) is 0.176. The maximum Gasteiger partial charge on any atom is 0.261 e. The first-order valence-corrected chi connectivity index (χ1v) is 9.17. The SMILES string of the molecule is CS(=O)(=O)c1ccc([C@H](O)Cn2cnc3ccccc3c2=O)cc1. The van der Waals surface area contributed by atoms with Crippen LogP contribution >= 0.6 is 0 Å². The Hall–Kier alpha value is -2.51. The Kier molecular flexibility index (Phi) is 4.21. The van der Waals surface area contributed by atoms with Gasteiger partial charge in [-0.2, -0.15) is 0 Å². The molecular weight excluding hydrogens is 328 g/mol. The third-order valence-corrected chi connectivity index (χ3v) is 4.92. The highest BCUT2D eigenvalue weighted by molar-refractivity contribution is 7.90. The van der Waals surface area contributed by atoms with Crippen molar-refractivity contribution in [1.82, 2.24) is 9.55 Å². The van der Waals surface area contributed by atoms with Gasteiger partial charge >= 0.3 is 0 Å². The van der Waals surface area contributed by atoms with Gasteiger partial charge in [0, 0.05) is 6.26 Å². The fourth-order valence-electron chi connectivity index (χ4n) is 2.47. The Bertz CT molecular complexity index is 1040. The van der Waals surface area contributed by atoms with Gasteiger partial charge in [-0.1, -0.05) is 24.3 Å². The van der Waals surface area contributed by atoms with Gasteiger partial charge < -0.3 is 5.11 Å². The number of aliphatic hydroxyl groups is 1. The molecule has 6 nitrogen and oxygen atoms in total. The van der Waals surface area contributed by atoms with Gasteiger partial charge in [-0.05, 0) is 29.8 Å². The van der Waals surface area contributed by atoms with Gasteiger partial charge in [-0.15, -0.1) is 0 Å². The van der Waals surface area contributed by atoms with Gasteiger partial charge in [0.25, 0.3) is 5.56 Å². The molecular formula is C17H16N2O4S. The van der Waals surface area contributed by atoms with Crippen LogP contribution in [0.3, 0.4) is 0 Å². The quantitative estimate of drug-likeness (QED) is 0.775. The summed E-state index contributed by atoms with van der Waals surface area (Å²) in [5, 5.41) is 10.8. The maximum absolute atomic E-state index is 12.4. The first-order chi connectivity index (χ1) is 11.4. The number of para-hydroxylation sites is 1. The van der Waals surface area contributed by atoms with Gasteiger partial charge in [0.2, 0.25) is 0 Å². The zero-order valence-electron chi connectivity index (χ0n) is 13.0. The summed E-state index contributed by atoms with van der Waals surface area (Å²) in [7, 11) is -3.28. The summed E-state index contributed by atoms with van der Waals surface area (Å²) in [5.41, 5.74) is 0.903. The van der Waals surface area contributed by atoms with Crippen LogP contribution in [0.4, 0.5) is 0 Å². The van der Waals surface area contributed by atoms with Gasteiger partial charge in [0.15, 0.2) is 9.84 Å². The first-order valence-electron chi connectivity index (χ1n) is 7.28. The zero-order valence-corrected chi connectivity index (χ0v) is 13.8. The van der Waals surface area contributed by atoms with E-state index >= 15 is 0 Å². The minimum Gasteiger partial charge on any atom is -0.387 e. The Morgan fingerprint density at radius 3 is 2.46 bits per heavy atom. The van der Waals surface area contributed by atoms with Crippen LogP contribution in [0, 0.1) is 0 Å². The predicted molar refractivity (Wildman–Crippen MR) is 90.5 cm³/mol. The van der Waals surface area contributed by atoms with Crippen LogP contribution in [0.5, 0.6) is 0 Å². The molecule has 1 aromatic heterocycles. The van der Waals surface area contributed by atoms with Gasteiger partial charge in [-0.3, -0.25) is 9.36 Å². The van der Waals surface area contributed by atoms with Crippen molar-refractivity contribution in [3.05, 3.63) is 70.8 Å². The number of sulfone groups is 1. The van der Waals surface area contributed by atoms with Crippen LogP contribution < -0.4 is 5.56 Å².